The lowest BCUT2D eigenvalue weighted by Gasteiger charge is -2.07. The van der Waals surface area contributed by atoms with Gasteiger partial charge in [-0.1, -0.05) is 47.6 Å². The van der Waals surface area contributed by atoms with Crippen LogP contribution in [0.15, 0.2) is 89.8 Å². The molecule has 2 aromatic carbocycles. The van der Waals surface area contributed by atoms with Crippen LogP contribution in [0.3, 0.4) is 0 Å². The van der Waals surface area contributed by atoms with Crippen molar-refractivity contribution in [2.75, 3.05) is 0 Å². The molecule has 0 saturated carbocycles. The first-order chi connectivity index (χ1) is 11.4. The summed E-state index contributed by atoms with van der Waals surface area (Å²) in [4.78, 5) is 4.19. The summed E-state index contributed by atoms with van der Waals surface area (Å²) in [6, 6.07) is 22.6. The van der Waals surface area contributed by atoms with Crippen molar-refractivity contribution in [2.45, 2.75) is 0 Å². The van der Waals surface area contributed by atoms with Crippen LogP contribution in [0.5, 0.6) is 0 Å². The van der Waals surface area contributed by atoms with Gasteiger partial charge in [0.2, 0.25) is 0 Å². The lowest BCUT2D eigenvalue weighted by Crippen LogP contribution is -1.83. The van der Waals surface area contributed by atoms with Crippen molar-refractivity contribution in [1.82, 2.24) is 10.1 Å². The van der Waals surface area contributed by atoms with Crippen molar-refractivity contribution in [1.29, 1.82) is 0 Å². The lowest BCUT2D eigenvalue weighted by molar-refractivity contribution is 0.432. The number of benzene rings is 2. The number of hydrogen-bond donors (Lipinski definition) is 0. The fourth-order valence-electron chi connectivity index (χ4n) is 2.63. The van der Waals surface area contributed by atoms with Crippen molar-refractivity contribution in [2.24, 2.45) is 0 Å². The zero-order chi connectivity index (χ0) is 15.5. The smallest absolute Gasteiger partial charge is 0.166 e. The molecule has 2 heterocycles. The Hall–Kier alpha value is -3.20. The van der Waals surface area contributed by atoms with Crippen LogP contribution in [0.25, 0.3) is 33.6 Å². The number of aromatic nitrogens is 2. The highest BCUT2D eigenvalue weighted by Gasteiger charge is 2.05. The van der Waals surface area contributed by atoms with E-state index in [1.807, 2.05) is 30.5 Å². The molecule has 0 N–H and O–H groups in total. The first-order valence-electron chi connectivity index (χ1n) is 7.42. The molecular formula is C20H14N2O. The van der Waals surface area contributed by atoms with Crippen LogP contribution < -0.4 is 0 Å². The summed E-state index contributed by atoms with van der Waals surface area (Å²) in [5, 5.41) is 3.77. The Morgan fingerprint density at radius 2 is 1.26 bits per heavy atom. The molecule has 0 unspecified atom stereocenters. The molecule has 0 amide bonds. The van der Waals surface area contributed by atoms with Crippen molar-refractivity contribution >= 4 is 0 Å². The second kappa shape index (κ2) is 5.89. The van der Waals surface area contributed by atoms with Gasteiger partial charge in [0.25, 0.3) is 0 Å². The zero-order valence-electron chi connectivity index (χ0n) is 12.4. The van der Waals surface area contributed by atoms with Crippen LogP contribution in [-0.4, -0.2) is 10.1 Å². The molecule has 0 fully saturated rings. The molecule has 0 aliphatic rings. The Bertz CT molecular complexity index is 915. The molecule has 4 aromatic rings. The van der Waals surface area contributed by atoms with Gasteiger partial charge in [-0.3, -0.25) is 4.98 Å². The number of nitrogens with zero attached hydrogens (tertiary/aromatic N) is 2. The summed E-state index contributed by atoms with van der Waals surface area (Å²) < 4.78 is 5.25. The number of hydrogen-bond acceptors (Lipinski definition) is 3. The molecule has 3 heteroatoms. The Kier molecular flexibility index (Phi) is 3.45. The van der Waals surface area contributed by atoms with Crippen LogP contribution in [0.1, 0.15) is 0 Å². The Morgan fingerprint density at radius 3 is 1.91 bits per heavy atom. The van der Waals surface area contributed by atoms with Crippen molar-refractivity contribution < 1.29 is 4.52 Å². The number of pyridine rings is 1. The fourth-order valence-corrected chi connectivity index (χ4v) is 2.63. The molecule has 2 aromatic heterocycles. The van der Waals surface area contributed by atoms with Gasteiger partial charge in [0.15, 0.2) is 5.76 Å². The minimum Gasteiger partial charge on any atom is -0.356 e. The van der Waals surface area contributed by atoms with Gasteiger partial charge in [0.05, 0.1) is 6.20 Å². The van der Waals surface area contributed by atoms with E-state index < -0.39 is 0 Å². The molecule has 23 heavy (non-hydrogen) atoms. The molecule has 0 radical (unpaired) electrons. The first kappa shape index (κ1) is 13.5. The Balaban J connectivity index is 1.75. The van der Waals surface area contributed by atoms with Gasteiger partial charge in [-0.2, -0.15) is 0 Å². The minimum absolute atomic E-state index is 0.773. The van der Waals surface area contributed by atoms with Crippen molar-refractivity contribution in [3.05, 3.63) is 85.3 Å². The second-order valence-corrected chi connectivity index (χ2v) is 5.28. The van der Waals surface area contributed by atoms with Crippen LogP contribution in [0, 0.1) is 0 Å². The molecule has 4 rings (SSSR count). The molecule has 110 valence electrons. The molecule has 0 aliphatic carbocycles. The average molecular weight is 298 g/mol. The molecule has 0 atom stereocenters. The summed E-state index contributed by atoms with van der Waals surface area (Å²) in [5.74, 6) is 0.773. The normalized spacial score (nSPS) is 10.6. The Labute approximate surface area is 134 Å². The van der Waals surface area contributed by atoms with E-state index in [0.717, 1.165) is 33.6 Å². The molecule has 0 bridgehead atoms. The third-order valence-electron chi connectivity index (χ3n) is 3.78. The fraction of sp³-hybridized carbons (Fsp3) is 0. The highest BCUT2D eigenvalue weighted by molar-refractivity contribution is 5.75. The van der Waals surface area contributed by atoms with Crippen molar-refractivity contribution in [3.63, 3.8) is 0 Å². The summed E-state index contributed by atoms with van der Waals surface area (Å²) in [5.41, 5.74) is 5.59. The van der Waals surface area contributed by atoms with E-state index in [1.165, 1.54) is 0 Å². The standard InChI is InChI=1S/C20H14N2O/c1-4-15(12-17(6-1)19-8-3-10-21-14-19)16-5-2-7-18(13-16)20-9-11-22-23-20/h1-14H. The van der Waals surface area contributed by atoms with E-state index in [9.17, 15) is 0 Å². The van der Waals surface area contributed by atoms with Crippen LogP contribution >= 0.6 is 0 Å². The predicted molar refractivity (Wildman–Crippen MR) is 90.6 cm³/mol. The van der Waals surface area contributed by atoms with Gasteiger partial charge < -0.3 is 4.52 Å². The zero-order valence-corrected chi connectivity index (χ0v) is 12.4. The Morgan fingerprint density at radius 1 is 0.609 bits per heavy atom. The van der Waals surface area contributed by atoms with Gasteiger partial charge in [-0.15, -0.1) is 0 Å². The van der Waals surface area contributed by atoms with Crippen LogP contribution in [0.2, 0.25) is 0 Å². The maximum absolute atomic E-state index is 5.25. The van der Waals surface area contributed by atoms with E-state index >= 15 is 0 Å². The highest BCUT2D eigenvalue weighted by Crippen LogP contribution is 2.29. The summed E-state index contributed by atoms with van der Waals surface area (Å²) >= 11 is 0. The molecule has 3 nitrogen and oxygen atoms in total. The monoisotopic (exact) mass is 298 g/mol. The van der Waals surface area contributed by atoms with Crippen LogP contribution in [0.4, 0.5) is 0 Å². The molecular weight excluding hydrogens is 284 g/mol. The number of rotatable bonds is 3. The van der Waals surface area contributed by atoms with Crippen LogP contribution in [-0.2, 0) is 0 Å². The van der Waals surface area contributed by atoms with Gasteiger partial charge in [-0.05, 0) is 34.9 Å². The van der Waals surface area contributed by atoms with Gasteiger partial charge >= 0.3 is 0 Å². The third-order valence-corrected chi connectivity index (χ3v) is 3.78. The predicted octanol–water partition coefficient (Wildman–Crippen LogP) is 5.07. The summed E-state index contributed by atoms with van der Waals surface area (Å²) in [6.07, 6.45) is 5.32. The quantitative estimate of drug-likeness (QED) is 0.530. The third kappa shape index (κ3) is 2.77. The van der Waals surface area contributed by atoms with E-state index in [1.54, 1.807) is 12.4 Å². The van der Waals surface area contributed by atoms with Crippen molar-refractivity contribution in [3.8, 4) is 33.6 Å². The topological polar surface area (TPSA) is 38.9 Å². The largest absolute Gasteiger partial charge is 0.356 e. The van der Waals surface area contributed by atoms with Gasteiger partial charge in [-0.25, -0.2) is 0 Å². The average Bonchev–Trinajstić information content (AvgIpc) is 3.18. The maximum atomic E-state index is 5.25. The van der Waals surface area contributed by atoms with E-state index in [-0.39, 0.29) is 0 Å². The second-order valence-electron chi connectivity index (χ2n) is 5.28. The van der Waals surface area contributed by atoms with E-state index in [2.05, 4.69) is 52.6 Å². The van der Waals surface area contributed by atoms with E-state index in [0.29, 0.717) is 0 Å². The first-order valence-corrected chi connectivity index (χ1v) is 7.42. The lowest BCUT2D eigenvalue weighted by atomic mass is 9.98. The van der Waals surface area contributed by atoms with Gasteiger partial charge in [0, 0.05) is 29.6 Å². The molecule has 0 spiro atoms. The SMILES string of the molecule is c1cncc(-c2cccc(-c3cccc(-c4ccno4)c3)c2)c1. The van der Waals surface area contributed by atoms with E-state index in [4.69, 9.17) is 4.52 Å². The summed E-state index contributed by atoms with van der Waals surface area (Å²) in [6.45, 7) is 0. The summed E-state index contributed by atoms with van der Waals surface area (Å²) in [7, 11) is 0. The maximum Gasteiger partial charge on any atom is 0.166 e. The minimum atomic E-state index is 0.773. The molecule has 0 aliphatic heterocycles. The molecule has 0 saturated heterocycles. The van der Waals surface area contributed by atoms with Gasteiger partial charge in [0.1, 0.15) is 0 Å². The highest BCUT2D eigenvalue weighted by atomic mass is 16.5.